The van der Waals surface area contributed by atoms with E-state index in [1.165, 1.54) is 0 Å². The summed E-state index contributed by atoms with van der Waals surface area (Å²) in [5, 5.41) is 1.04. The third-order valence-corrected chi connectivity index (χ3v) is 2.08. The summed E-state index contributed by atoms with van der Waals surface area (Å²) in [7, 11) is 0. The summed E-state index contributed by atoms with van der Waals surface area (Å²) in [6.45, 7) is 3.93. The molecule has 1 aromatic heterocycles. The zero-order chi connectivity index (χ0) is 10.8. The molecule has 2 aromatic rings. The minimum atomic E-state index is 0.107. The smallest absolute Gasteiger partial charge is 0.166 e. The van der Waals surface area contributed by atoms with Crippen molar-refractivity contribution in [2.24, 2.45) is 0 Å². The van der Waals surface area contributed by atoms with Crippen LogP contribution in [0.2, 0.25) is 0 Å². The highest BCUT2D eigenvalue weighted by Crippen LogP contribution is 2.25. The van der Waals surface area contributed by atoms with E-state index in [9.17, 15) is 0 Å². The van der Waals surface area contributed by atoms with Crippen LogP contribution in [-0.4, -0.2) is 11.1 Å². The summed E-state index contributed by atoms with van der Waals surface area (Å²) < 4.78 is 5.57. The van der Waals surface area contributed by atoms with Gasteiger partial charge in [-0.1, -0.05) is 18.2 Å². The van der Waals surface area contributed by atoms with Crippen molar-refractivity contribution in [3.05, 3.63) is 30.3 Å². The van der Waals surface area contributed by atoms with Crippen LogP contribution in [0.5, 0.6) is 5.75 Å². The molecule has 0 fully saturated rings. The third-order valence-electron chi connectivity index (χ3n) is 2.08. The van der Waals surface area contributed by atoms with Crippen molar-refractivity contribution in [3.8, 4) is 5.75 Å². The molecule has 0 aliphatic carbocycles. The Morgan fingerprint density at radius 2 is 2.00 bits per heavy atom. The van der Waals surface area contributed by atoms with Crippen molar-refractivity contribution in [1.82, 2.24) is 4.98 Å². The van der Waals surface area contributed by atoms with Gasteiger partial charge in [-0.25, -0.2) is 4.98 Å². The minimum absolute atomic E-state index is 0.107. The molecular formula is C12H14N2O. The van der Waals surface area contributed by atoms with E-state index < -0.39 is 0 Å². The number of pyridine rings is 1. The number of hydrogen-bond donors (Lipinski definition) is 1. The Morgan fingerprint density at radius 3 is 2.73 bits per heavy atom. The summed E-state index contributed by atoms with van der Waals surface area (Å²) in [5.41, 5.74) is 6.69. The van der Waals surface area contributed by atoms with E-state index in [1.54, 1.807) is 0 Å². The van der Waals surface area contributed by atoms with Gasteiger partial charge < -0.3 is 10.5 Å². The lowest BCUT2D eigenvalue weighted by molar-refractivity contribution is 0.243. The molecule has 0 saturated carbocycles. The molecule has 3 nitrogen and oxygen atoms in total. The number of benzene rings is 1. The van der Waals surface area contributed by atoms with Crippen molar-refractivity contribution in [3.63, 3.8) is 0 Å². The predicted molar refractivity (Wildman–Crippen MR) is 61.9 cm³/mol. The Balaban J connectivity index is 2.52. The Bertz CT molecular complexity index is 480. The normalized spacial score (nSPS) is 10.9. The number of para-hydroxylation sites is 1. The summed E-state index contributed by atoms with van der Waals surface area (Å²) in [4.78, 5) is 4.28. The van der Waals surface area contributed by atoms with Gasteiger partial charge in [-0.05, 0) is 26.0 Å². The lowest BCUT2D eigenvalue weighted by Gasteiger charge is -2.12. The molecule has 2 N–H and O–H groups in total. The number of anilines is 1. The minimum Gasteiger partial charge on any atom is -0.487 e. The van der Waals surface area contributed by atoms with Crippen molar-refractivity contribution in [2.75, 3.05) is 5.73 Å². The van der Waals surface area contributed by atoms with Crippen molar-refractivity contribution in [1.29, 1.82) is 0 Å². The van der Waals surface area contributed by atoms with Gasteiger partial charge in [0.1, 0.15) is 0 Å². The molecule has 78 valence electrons. The molecule has 0 radical (unpaired) electrons. The Hall–Kier alpha value is -1.77. The third kappa shape index (κ3) is 2.01. The molecule has 3 heteroatoms. The number of nitrogen functional groups attached to an aromatic ring is 1. The highest BCUT2D eigenvalue weighted by atomic mass is 16.5. The summed E-state index contributed by atoms with van der Waals surface area (Å²) in [6.07, 6.45) is 0.107. The van der Waals surface area contributed by atoms with Crippen LogP contribution in [0.1, 0.15) is 13.8 Å². The van der Waals surface area contributed by atoms with Crippen molar-refractivity contribution in [2.45, 2.75) is 20.0 Å². The molecule has 0 unspecified atom stereocenters. The fraction of sp³-hybridized carbons (Fsp3) is 0.250. The zero-order valence-electron chi connectivity index (χ0n) is 8.90. The molecule has 0 bridgehead atoms. The second-order valence-corrected chi connectivity index (χ2v) is 3.73. The van der Waals surface area contributed by atoms with Gasteiger partial charge in [0.25, 0.3) is 0 Å². The van der Waals surface area contributed by atoms with Crippen molar-refractivity contribution < 1.29 is 4.74 Å². The maximum Gasteiger partial charge on any atom is 0.166 e. The van der Waals surface area contributed by atoms with Gasteiger partial charge in [-0.15, -0.1) is 0 Å². The lowest BCUT2D eigenvalue weighted by Crippen LogP contribution is -2.08. The molecule has 1 aromatic carbocycles. The molecule has 15 heavy (non-hydrogen) atoms. The van der Waals surface area contributed by atoms with Gasteiger partial charge in [-0.2, -0.15) is 0 Å². The highest BCUT2D eigenvalue weighted by molar-refractivity contribution is 5.82. The summed E-state index contributed by atoms with van der Waals surface area (Å²) in [5.74, 6) is 1.10. The van der Waals surface area contributed by atoms with Gasteiger partial charge >= 0.3 is 0 Å². The topological polar surface area (TPSA) is 48.1 Å². The molecule has 2 rings (SSSR count). The maximum atomic E-state index is 5.80. The zero-order valence-corrected chi connectivity index (χ0v) is 8.90. The van der Waals surface area contributed by atoms with Crippen LogP contribution >= 0.6 is 0 Å². The van der Waals surface area contributed by atoms with Crippen LogP contribution in [0.4, 0.5) is 5.82 Å². The van der Waals surface area contributed by atoms with Crippen LogP contribution in [0.3, 0.4) is 0 Å². The predicted octanol–water partition coefficient (Wildman–Crippen LogP) is 2.60. The van der Waals surface area contributed by atoms with Gasteiger partial charge in [0.05, 0.1) is 11.6 Å². The number of hydrogen-bond acceptors (Lipinski definition) is 3. The van der Waals surface area contributed by atoms with E-state index in [0.717, 1.165) is 10.9 Å². The van der Waals surface area contributed by atoms with Gasteiger partial charge in [-0.3, -0.25) is 0 Å². The second-order valence-electron chi connectivity index (χ2n) is 3.73. The first-order valence-corrected chi connectivity index (χ1v) is 4.99. The Morgan fingerprint density at radius 1 is 1.27 bits per heavy atom. The molecule has 0 amide bonds. The van der Waals surface area contributed by atoms with Gasteiger partial charge in [0, 0.05) is 5.39 Å². The first kappa shape index (κ1) is 9.77. The standard InChI is InChI=1S/C12H14N2O/c1-8(2)15-11-7-9-5-3-4-6-10(9)14-12(11)13/h3-8H,1-2H3,(H2,13,14). The first-order valence-electron chi connectivity index (χ1n) is 4.99. The van der Waals surface area contributed by atoms with E-state index in [0.29, 0.717) is 11.6 Å². The molecule has 0 aliphatic heterocycles. The number of nitrogens with two attached hydrogens (primary N) is 1. The summed E-state index contributed by atoms with van der Waals surface area (Å²) in [6, 6.07) is 9.77. The average Bonchev–Trinajstić information content (AvgIpc) is 2.18. The number of nitrogens with zero attached hydrogens (tertiary/aromatic N) is 1. The van der Waals surface area contributed by atoms with Crippen LogP contribution < -0.4 is 10.5 Å². The van der Waals surface area contributed by atoms with E-state index >= 15 is 0 Å². The second kappa shape index (κ2) is 3.77. The summed E-state index contributed by atoms with van der Waals surface area (Å²) >= 11 is 0. The fourth-order valence-corrected chi connectivity index (χ4v) is 1.46. The van der Waals surface area contributed by atoms with E-state index in [4.69, 9.17) is 10.5 Å². The van der Waals surface area contributed by atoms with E-state index in [2.05, 4.69) is 4.98 Å². The van der Waals surface area contributed by atoms with Crippen LogP contribution in [0.25, 0.3) is 10.9 Å². The fourth-order valence-electron chi connectivity index (χ4n) is 1.46. The molecule has 0 aliphatic rings. The van der Waals surface area contributed by atoms with Crippen LogP contribution in [0, 0.1) is 0 Å². The maximum absolute atomic E-state index is 5.80. The first-order chi connectivity index (χ1) is 7.16. The SMILES string of the molecule is CC(C)Oc1cc2ccccc2nc1N. The van der Waals surface area contributed by atoms with Crippen LogP contribution in [0.15, 0.2) is 30.3 Å². The quantitative estimate of drug-likeness (QED) is 0.814. The molecule has 0 spiro atoms. The largest absolute Gasteiger partial charge is 0.487 e. The molecule has 0 saturated heterocycles. The average molecular weight is 202 g/mol. The van der Waals surface area contributed by atoms with Crippen molar-refractivity contribution >= 4 is 16.7 Å². The van der Waals surface area contributed by atoms with E-state index in [1.807, 2.05) is 44.2 Å². The monoisotopic (exact) mass is 202 g/mol. The number of ether oxygens (including phenoxy) is 1. The number of fused-ring (bicyclic) bond motifs is 1. The molecular weight excluding hydrogens is 188 g/mol. The molecule has 1 heterocycles. The number of rotatable bonds is 2. The van der Waals surface area contributed by atoms with Crippen LogP contribution in [-0.2, 0) is 0 Å². The Labute approximate surface area is 88.9 Å². The lowest BCUT2D eigenvalue weighted by atomic mass is 10.2. The van der Waals surface area contributed by atoms with Gasteiger partial charge in [0.15, 0.2) is 11.6 Å². The Kier molecular flexibility index (Phi) is 2.46. The van der Waals surface area contributed by atoms with Gasteiger partial charge in [0.2, 0.25) is 0 Å². The van der Waals surface area contributed by atoms with E-state index in [-0.39, 0.29) is 6.10 Å². The number of aromatic nitrogens is 1. The highest BCUT2D eigenvalue weighted by Gasteiger charge is 2.05. The molecule has 0 atom stereocenters.